The molecule has 1 N–H and O–H groups in total. The summed E-state index contributed by atoms with van der Waals surface area (Å²) in [6, 6.07) is 13.7. The average Bonchev–Trinajstić information content (AvgIpc) is 2.64. The van der Waals surface area contributed by atoms with Crippen molar-refractivity contribution in [3.63, 3.8) is 0 Å². The van der Waals surface area contributed by atoms with Crippen LogP contribution in [0.15, 0.2) is 47.4 Å². The number of nitrogens with zero attached hydrogens (tertiary/aromatic N) is 1. The van der Waals surface area contributed by atoms with Crippen LogP contribution in [0.2, 0.25) is 0 Å². The van der Waals surface area contributed by atoms with Gasteiger partial charge in [-0.1, -0.05) is 42.8 Å². The van der Waals surface area contributed by atoms with Gasteiger partial charge in [0, 0.05) is 13.1 Å². The van der Waals surface area contributed by atoms with Gasteiger partial charge in [0.15, 0.2) is 0 Å². The molecule has 0 unspecified atom stereocenters. The van der Waals surface area contributed by atoms with Crippen molar-refractivity contribution >= 4 is 10.0 Å². The SMILES string of the molecule is Cc1ccc(C)c(S(=O)(=O)NCc2ccc(CN3CCCCC3)cc2)c1. The summed E-state index contributed by atoms with van der Waals surface area (Å²) in [5.74, 6) is 0. The Labute approximate surface area is 157 Å². The maximum atomic E-state index is 12.6. The molecule has 0 spiro atoms. The minimum absolute atomic E-state index is 0.305. The van der Waals surface area contributed by atoms with E-state index >= 15 is 0 Å². The average molecular weight is 373 g/mol. The summed E-state index contributed by atoms with van der Waals surface area (Å²) in [7, 11) is -3.50. The van der Waals surface area contributed by atoms with Crippen molar-refractivity contribution in [2.45, 2.75) is 51.1 Å². The van der Waals surface area contributed by atoms with E-state index in [0.717, 1.165) is 23.2 Å². The first-order valence-corrected chi connectivity index (χ1v) is 10.8. The summed E-state index contributed by atoms with van der Waals surface area (Å²) in [5, 5.41) is 0. The molecule has 3 rings (SSSR count). The summed E-state index contributed by atoms with van der Waals surface area (Å²) < 4.78 is 27.9. The molecule has 4 nitrogen and oxygen atoms in total. The number of hydrogen-bond acceptors (Lipinski definition) is 3. The highest BCUT2D eigenvalue weighted by molar-refractivity contribution is 7.89. The second-order valence-corrected chi connectivity index (χ2v) is 8.98. The van der Waals surface area contributed by atoms with Crippen molar-refractivity contribution in [3.05, 3.63) is 64.7 Å². The van der Waals surface area contributed by atoms with Crippen LogP contribution in [0.1, 0.15) is 41.5 Å². The summed E-state index contributed by atoms with van der Waals surface area (Å²) >= 11 is 0. The van der Waals surface area contributed by atoms with Gasteiger partial charge in [0.05, 0.1) is 4.90 Å². The van der Waals surface area contributed by atoms with E-state index < -0.39 is 10.0 Å². The molecular weight excluding hydrogens is 344 g/mol. The molecule has 0 atom stereocenters. The van der Waals surface area contributed by atoms with E-state index in [1.165, 1.54) is 37.9 Å². The van der Waals surface area contributed by atoms with Crippen molar-refractivity contribution < 1.29 is 8.42 Å². The molecular formula is C21H28N2O2S. The highest BCUT2D eigenvalue weighted by atomic mass is 32.2. The molecule has 1 aliphatic heterocycles. The lowest BCUT2D eigenvalue weighted by Gasteiger charge is -2.26. The Morgan fingerprint density at radius 2 is 1.58 bits per heavy atom. The zero-order valence-electron chi connectivity index (χ0n) is 15.7. The van der Waals surface area contributed by atoms with Crippen LogP contribution in [0.3, 0.4) is 0 Å². The first-order valence-electron chi connectivity index (χ1n) is 9.31. The third-order valence-corrected chi connectivity index (χ3v) is 6.52. The molecule has 0 radical (unpaired) electrons. The highest BCUT2D eigenvalue weighted by Gasteiger charge is 2.16. The van der Waals surface area contributed by atoms with Gasteiger partial charge in [-0.05, 0) is 68.1 Å². The predicted molar refractivity (Wildman–Crippen MR) is 106 cm³/mol. The third-order valence-electron chi connectivity index (χ3n) is 4.98. The summed E-state index contributed by atoms with van der Waals surface area (Å²) in [4.78, 5) is 2.85. The quantitative estimate of drug-likeness (QED) is 0.840. The van der Waals surface area contributed by atoms with Crippen molar-refractivity contribution in [3.8, 4) is 0 Å². The Balaban J connectivity index is 1.61. The zero-order chi connectivity index (χ0) is 18.6. The monoisotopic (exact) mass is 372 g/mol. The molecule has 2 aromatic carbocycles. The van der Waals surface area contributed by atoms with Crippen LogP contribution in [0.25, 0.3) is 0 Å². The fraction of sp³-hybridized carbons (Fsp3) is 0.429. The third kappa shape index (κ3) is 4.93. The number of sulfonamides is 1. The molecule has 26 heavy (non-hydrogen) atoms. The van der Waals surface area contributed by atoms with Crippen molar-refractivity contribution in [1.82, 2.24) is 9.62 Å². The Morgan fingerprint density at radius 1 is 0.923 bits per heavy atom. The van der Waals surface area contributed by atoms with E-state index in [1.54, 1.807) is 6.07 Å². The van der Waals surface area contributed by atoms with Crippen LogP contribution < -0.4 is 4.72 Å². The smallest absolute Gasteiger partial charge is 0.241 e. The Morgan fingerprint density at radius 3 is 2.27 bits per heavy atom. The van der Waals surface area contributed by atoms with Gasteiger partial charge in [-0.3, -0.25) is 4.90 Å². The molecule has 0 amide bonds. The molecule has 140 valence electrons. The summed E-state index contributed by atoms with van der Waals surface area (Å²) in [5.41, 5.74) is 3.97. The molecule has 1 aliphatic rings. The standard InChI is InChI=1S/C21H28N2O2S/c1-17-6-7-18(2)21(14-17)26(24,25)22-15-19-8-10-20(11-9-19)16-23-12-4-3-5-13-23/h6-11,14,22H,3-5,12-13,15-16H2,1-2H3. The van der Waals surface area contributed by atoms with Crippen LogP contribution in [0.5, 0.6) is 0 Å². The fourth-order valence-electron chi connectivity index (χ4n) is 3.39. The van der Waals surface area contributed by atoms with Gasteiger partial charge in [-0.2, -0.15) is 0 Å². The summed E-state index contributed by atoms with van der Waals surface area (Å²) in [6.45, 7) is 7.37. The first kappa shape index (κ1) is 19.1. The maximum absolute atomic E-state index is 12.6. The molecule has 2 aromatic rings. The predicted octanol–water partition coefficient (Wildman–Crippen LogP) is 3.77. The molecule has 0 saturated carbocycles. The number of nitrogens with one attached hydrogen (secondary N) is 1. The summed E-state index contributed by atoms with van der Waals surface area (Å²) in [6.07, 6.45) is 3.92. The van der Waals surface area contributed by atoms with Gasteiger partial charge < -0.3 is 0 Å². The Bertz CT molecular complexity index is 839. The normalized spacial score (nSPS) is 15.9. The number of piperidine rings is 1. The first-order chi connectivity index (χ1) is 12.4. The van der Waals surface area contributed by atoms with Gasteiger partial charge in [-0.15, -0.1) is 0 Å². The van der Waals surface area contributed by atoms with Gasteiger partial charge in [0.2, 0.25) is 10.0 Å². The van der Waals surface area contributed by atoms with Crippen molar-refractivity contribution in [1.29, 1.82) is 0 Å². The van der Waals surface area contributed by atoms with E-state index in [2.05, 4.69) is 21.8 Å². The molecule has 5 heteroatoms. The minimum Gasteiger partial charge on any atom is -0.299 e. The zero-order valence-corrected chi connectivity index (χ0v) is 16.5. The fourth-order valence-corrected chi connectivity index (χ4v) is 4.74. The van der Waals surface area contributed by atoms with E-state index in [1.807, 2.05) is 38.1 Å². The van der Waals surface area contributed by atoms with E-state index in [9.17, 15) is 8.42 Å². The number of likely N-dealkylation sites (tertiary alicyclic amines) is 1. The van der Waals surface area contributed by atoms with Crippen LogP contribution in [0.4, 0.5) is 0 Å². The minimum atomic E-state index is -3.50. The van der Waals surface area contributed by atoms with Gasteiger partial charge in [0.25, 0.3) is 0 Å². The maximum Gasteiger partial charge on any atom is 0.241 e. The Kier molecular flexibility index (Phi) is 6.12. The second-order valence-electron chi connectivity index (χ2n) is 7.25. The molecule has 0 aromatic heterocycles. The van der Waals surface area contributed by atoms with Crippen LogP contribution in [-0.4, -0.2) is 26.4 Å². The van der Waals surface area contributed by atoms with Gasteiger partial charge >= 0.3 is 0 Å². The number of rotatable bonds is 6. The molecule has 0 aliphatic carbocycles. The van der Waals surface area contributed by atoms with E-state index in [4.69, 9.17) is 0 Å². The van der Waals surface area contributed by atoms with E-state index in [0.29, 0.717) is 11.4 Å². The van der Waals surface area contributed by atoms with Gasteiger partial charge in [-0.25, -0.2) is 13.1 Å². The highest BCUT2D eigenvalue weighted by Crippen LogP contribution is 2.17. The lowest BCUT2D eigenvalue weighted by molar-refractivity contribution is 0.221. The number of benzene rings is 2. The Hall–Kier alpha value is -1.69. The number of aryl methyl sites for hydroxylation is 2. The number of hydrogen-bond donors (Lipinski definition) is 1. The van der Waals surface area contributed by atoms with Crippen LogP contribution >= 0.6 is 0 Å². The second kappa shape index (κ2) is 8.33. The molecule has 1 fully saturated rings. The molecule has 0 bridgehead atoms. The molecule has 1 saturated heterocycles. The topological polar surface area (TPSA) is 49.4 Å². The van der Waals surface area contributed by atoms with E-state index in [-0.39, 0.29) is 0 Å². The van der Waals surface area contributed by atoms with Crippen molar-refractivity contribution in [2.75, 3.05) is 13.1 Å². The molecule has 1 heterocycles. The van der Waals surface area contributed by atoms with Crippen LogP contribution in [0, 0.1) is 13.8 Å². The van der Waals surface area contributed by atoms with Gasteiger partial charge in [0.1, 0.15) is 0 Å². The van der Waals surface area contributed by atoms with Crippen molar-refractivity contribution in [2.24, 2.45) is 0 Å². The largest absolute Gasteiger partial charge is 0.299 e. The lowest BCUT2D eigenvalue weighted by Crippen LogP contribution is -2.29. The van der Waals surface area contributed by atoms with Crippen LogP contribution in [-0.2, 0) is 23.1 Å². The lowest BCUT2D eigenvalue weighted by atomic mass is 10.1.